The molecule has 2 aliphatic heterocycles. The first kappa shape index (κ1) is 20.2. The molecular formula is C25H22ClN5O2. The van der Waals surface area contributed by atoms with Crippen molar-refractivity contribution in [2.75, 3.05) is 24.5 Å². The zero-order valence-electron chi connectivity index (χ0n) is 18.1. The molecule has 33 heavy (non-hydrogen) atoms. The summed E-state index contributed by atoms with van der Waals surface area (Å²) in [4.78, 5) is 31.1. The van der Waals surface area contributed by atoms with Crippen LogP contribution in [0.2, 0.25) is 5.02 Å². The predicted octanol–water partition coefficient (Wildman–Crippen LogP) is 4.60. The van der Waals surface area contributed by atoms with Gasteiger partial charge in [-0.05, 0) is 31.5 Å². The molecule has 4 heterocycles. The second kappa shape index (κ2) is 7.85. The number of piperidine rings is 1. The molecule has 2 aromatic carbocycles. The number of benzene rings is 2. The summed E-state index contributed by atoms with van der Waals surface area (Å²) in [5.41, 5.74) is 4.51. The van der Waals surface area contributed by atoms with Gasteiger partial charge in [-0.3, -0.25) is 9.78 Å². The van der Waals surface area contributed by atoms with Crippen molar-refractivity contribution in [1.29, 1.82) is 0 Å². The lowest BCUT2D eigenvalue weighted by molar-refractivity contribution is 0.0578. The Balaban J connectivity index is 1.24. The molecule has 0 N–H and O–H groups in total. The Labute approximate surface area is 196 Å². The van der Waals surface area contributed by atoms with E-state index >= 15 is 0 Å². The average molecular weight is 460 g/mol. The highest BCUT2D eigenvalue weighted by atomic mass is 35.5. The van der Waals surface area contributed by atoms with Crippen LogP contribution in [0.3, 0.4) is 0 Å². The number of likely N-dealkylation sites (tertiary alicyclic amines) is 1. The molecule has 2 saturated heterocycles. The first-order valence-electron chi connectivity index (χ1n) is 11.1. The lowest BCUT2D eigenvalue weighted by Gasteiger charge is -2.52. The Kier molecular flexibility index (Phi) is 4.80. The molecular weight excluding hydrogens is 438 g/mol. The normalized spacial score (nSPS) is 19.9. The quantitative estimate of drug-likeness (QED) is 0.445. The van der Waals surface area contributed by atoms with E-state index in [1.165, 1.54) is 0 Å². The maximum atomic E-state index is 13.5. The number of carbonyl (C=O) groups is 1. The van der Waals surface area contributed by atoms with Gasteiger partial charge in [0.2, 0.25) is 0 Å². The van der Waals surface area contributed by atoms with Gasteiger partial charge in [0.15, 0.2) is 11.3 Å². The van der Waals surface area contributed by atoms with E-state index in [0.717, 1.165) is 29.6 Å². The van der Waals surface area contributed by atoms with Crippen molar-refractivity contribution >= 4 is 34.6 Å². The summed E-state index contributed by atoms with van der Waals surface area (Å²) in [5, 5.41) is 0.631. The number of hydrogen-bond acceptors (Lipinski definition) is 6. The molecule has 2 atom stereocenters. The van der Waals surface area contributed by atoms with Crippen molar-refractivity contribution < 1.29 is 9.21 Å². The first-order valence-corrected chi connectivity index (χ1v) is 11.4. The molecule has 0 bridgehead atoms. The topological polar surface area (TPSA) is 75.4 Å². The molecule has 0 radical (unpaired) electrons. The third kappa shape index (κ3) is 3.53. The third-order valence-corrected chi connectivity index (χ3v) is 6.89. The molecule has 2 aromatic heterocycles. The fourth-order valence-electron chi connectivity index (χ4n) is 4.78. The second-order valence-electron chi connectivity index (χ2n) is 8.75. The highest BCUT2D eigenvalue weighted by molar-refractivity contribution is 6.31. The number of nitrogens with zero attached hydrogens (tertiary/aromatic N) is 5. The van der Waals surface area contributed by atoms with E-state index < -0.39 is 0 Å². The van der Waals surface area contributed by atoms with Crippen molar-refractivity contribution in [3.05, 3.63) is 71.1 Å². The van der Waals surface area contributed by atoms with E-state index in [-0.39, 0.29) is 11.9 Å². The van der Waals surface area contributed by atoms with Gasteiger partial charge in [0, 0.05) is 48.5 Å². The molecule has 2 fully saturated rings. The van der Waals surface area contributed by atoms with Crippen molar-refractivity contribution in [2.24, 2.45) is 5.92 Å². The highest BCUT2D eigenvalue weighted by Crippen LogP contribution is 2.38. The molecule has 6 rings (SSSR count). The van der Waals surface area contributed by atoms with Crippen LogP contribution in [0.25, 0.3) is 22.4 Å². The fraction of sp³-hybridized carbons (Fsp3) is 0.280. The number of fused-ring (bicyclic) bond motifs is 2. The molecule has 166 valence electrons. The number of carbonyl (C=O) groups excluding carboxylic acids is 1. The van der Waals surface area contributed by atoms with E-state index in [2.05, 4.69) is 19.9 Å². The lowest BCUT2D eigenvalue weighted by Crippen LogP contribution is -2.65. The maximum absolute atomic E-state index is 13.5. The van der Waals surface area contributed by atoms with Gasteiger partial charge >= 0.3 is 0 Å². The Morgan fingerprint density at radius 3 is 2.76 bits per heavy atom. The van der Waals surface area contributed by atoms with Crippen LogP contribution in [0.5, 0.6) is 0 Å². The molecule has 0 unspecified atom stereocenters. The third-order valence-electron chi connectivity index (χ3n) is 6.65. The zero-order valence-corrected chi connectivity index (χ0v) is 18.9. The number of halogens is 1. The first-order chi connectivity index (χ1) is 16.1. The van der Waals surface area contributed by atoms with Gasteiger partial charge in [0.1, 0.15) is 11.2 Å². The van der Waals surface area contributed by atoms with Crippen molar-refractivity contribution in [2.45, 2.75) is 19.4 Å². The zero-order chi connectivity index (χ0) is 22.5. The van der Waals surface area contributed by atoms with Crippen LogP contribution in [0.15, 0.2) is 59.3 Å². The molecule has 0 aliphatic carbocycles. The second-order valence-corrected chi connectivity index (χ2v) is 9.18. The van der Waals surface area contributed by atoms with E-state index in [4.69, 9.17) is 16.0 Å². The minimum Gasteiger partial charge on any atom is -0.423 e. The van der Waals surface area contributed by atoms with Crippen LogP contribution in [0.1, 0.15) is 22.5 Å². The van der Waals surface area contributed by atoms with Crippen molar-refractivity contribution in [3.8, 4) is 11.3 Å². The molecule has 8 heteroatoms. The van der Waals surface area contributed by atoms with Gasteiger partial charge < -0.3 is 14.2 Å². The summed E-state index contributed by atoms with van der Waals surface area (Å²) in [6.07, 6.45) is 4.15. The Morgan fingerprint density at radius 2 is 1.91 bits per heavy atom. The highest BCUT2D eigenvalue weighted by Gasteiger charge is 2.46. The Morgan fingerprint density at radius 1 is 1.09 bits per heavy atom. The summed E-state index contributed by atoms with van der Waals surface area (Å²) in [7, 11) is 0. The maximum Gasteiger partial charge on any atom is 0.298 e. The number of hydrogen-bond donors (Lipinski definition) is 0. The molecule has 1 amide bonds. The SMILES string of the molecule is Cc1ccc(-c2nccnc2C(=O)N2CC[C@H]3CN(c4nc5cc(Cl)ccc5o4)[C@H]3C2)cc1. The number of oxazole rings is 1. The number of amides is 1. The van der Waals surface area contributed by atoms with Gasteiger partial charge in [-0.2, -0.15) is 4.98 Å². The number of aryl methyl sites for hydroxylation is 1. The summed E-state index contributed by atoms with van der Waals surface area (Å²) < 4.78 is 5.97. The van der Waals surface area contributed by atoms with Crippen LogP contribution < -0.4 is 4.90 Å². The van der Waals surface area contributed by atoms with Gasteiger partial charge in [0.25, 0.3) is 11.9 Å². The average Bonchev–Trinajstić information content (AvgIpc) is 3.22. The van der Waals surface area contributed by atoms with Crippen LogP contribution >= 0.6 is 11.6 Å². The van der Waals surface area contributed by atoms with Crippen LogP contribution in [0, 0.1) is 12.8 Å². The smallest absolute Gasteiger partial charge is 0.298 e. The van der Waals surface area contributed by atoms with Crippen LogP contribution in [-0.2, 0) is 0 Å². The van der Waals surface area contributed by atoms with Crippen molar-refractivity contribution in [1.82, 2.24) is 19.9 Å². The largest absolute Gasteiger partial charge is 0.423 e. The molecule has 0 saturated carbocycles. The lowest BCUT2D eigenvalue weighted by atomic mass is 9.82. The van der Waals surface area contributed by atoms with Crippen molar-refractivity contribution in [3.63, 3.8) is 0 Å². The minimum atomic E-state index is -0.0895. The van der Waals surface area contributed by atoms with Gasteiger partial charge in [-0.15, -0.1) is 0 Å². The summed E-state index contributed by atoms with van der Waals surface area (Å²) >= 11 is 6.09. The molecule has 4 aromatic rings. The van der Waals surface area contributed by atoms with Crippen LogP contribution in [0.4, 0.5) is 6.01 Å². The fourth-order valence-corrected chi connectivity index (χ4v) is 4.95. The van der Waals surface area contributed by atoms with Crippen LogP contribution in [-0.4, -0.2) is 51.4 Å². The standard InChI is InChI=1S/C25H22ClN5O2/c1-15-2-4-16(5-3-15)22-23(28-10-9-27-22)24(32)30-11-8-17-13-31(20(17)14-30)25-29-19-12-18(26)6-7-21(19)33-25/h2-7,9-10,12,17,20H,8,11,13-14H2,1H3/t17-,20-/m0/s1. The molecule has 0 spiro atoms. The molecule has 2 aliphatic rings. The summed E-state index contributed by atoms with van der Waals surface area (Å²) in [6.45, 7) is 4.23. The van der Waals surface area contributed by atoms with Gasteiger partial charge in [0.05, 0.1) is 6.04 Å². The number of aromatic nitrogens is 3. The van der Waals surface area contributed by atoms with Gasteiger partial charge in [-0.25, -0.2) is 4.98 Å². The predicted molar refractivity (Wildman–Crippen MR) is 126 cm³/mol. The Hall–Kier alpha value is -3.45. The van der Waals surface area contributed by atoms with E-state index in [1.807, 2.05) is 42.2 Å². The number of anilines is 1. The summed E-state index contributed by atoms with van der Waals surface area (Å²) in [5.74, 6) is 0.430. The van der Waals surface area contributed by atoms with E-state index in [9.17, 15) is 4.79 Å². The molecule has 7 nitrogen and oxygen atoms in total. The number of rotatable bonds is 3. The monoisotopic (exact) mass is 459 g/mol. The Bertz CT molecular complexity index is 1350. The van der Waals surface area contributed by atoms with E-state index in [1.54, 1.807) is 24.5 Å². The minimum absolute atomic E-state index is 0.0895. The van der Waals surface area contributed by atoms with Gasteiger partial charge in [-0.1, -0.05) is 41.4 Å². The van der Waals surface area contributed by atoms with E-state index in [0.29, 0.717) is 47.0 Å². The summed E-state index contributed by atoms with van der Waals surface area (Å²) in [6, 6.07) is 14.2.